The molecule has 0 saturated carbocycles. The van der Waals surface area contributed by atoms with Crippen molar-refractivity contribution in [3.63, 3.8) is 0 Å². The maximum absolute atomic E-state index is 12.3. The highest BCUT2D eigenvalue weighted by molar-refractivity contribution is 9.10. The zero-order chi connectivity index (χ0) is 22.9. The molecule has 0 bridgehead atoms. The van der Waals surface area contributed by atoms with Crippen LogP contribution in [0.4, 0.5) is 5.69 Å². The molecule has 3 aromatic rings. The fraction of sp³-hybridized carbons (Fsp3) is 0.0455. The minimum absolute atomic E-state index is 0.0795. The summed E-state index contributed by atoms with van der Waals surface area (Å²) >= 11 is 3.34. The number of nitro benzene ring substituents is 1. The molecule has 0 aromatic heterocycles. The largest absolute Gasteiger partial charge is 0.484 e. The van der Waals surface area contributed by atoms with Crippen LogP contribution in [0.5, 0.6) is 11.5 Å². The number of halogens is 1. The van der Waals surface area contributed by atoms with Gasteiger partial charge in [0.1, 0.15) is 11.5 Å². The molecule has 0 atom stereocenters. The maximum atomic E-state index is 12.3. The van der Waals surface area contributed by atoms with Crippen molar-refractivity contribution in [3.05, 3.63) is 98.5 Å². The lowest BCUT2D eigenvalue weighted by atomic mass is 10.2. The molecular formula is C22H16BrN3O6. The quantitative estimate of drug-likeness (QED) is 0.164. The fourth-order valence-corrected chi connectivity index (χ4v) is 2.84. The second kappa shape index (κ2) is 10.8. The van der Waals surface area contributed by atoms with Gasteiger partial charge in [0.05, 0.1) is 16.7 Å². The molecule has 0 aliphatic rings. The number of nitro groups is 1. The summed E-state index contributed by atoms with van der Waals surface area (Å²) in [7, 11) is 0. The van der Waals surface area contributed by atoms with E-state index in [1.807, 2.05) is 0 Å². The Bertz CT molecular complexity index is 1150. The van der Waals surface area contributed by atoms with Gasteiger partial charge in [-0.15, -0.1) is 0 Å². The van der Waals surface area contributed by atoms with Gasteiger partial charge >= 0.3 is 5.97 Å². The van der Waals surface area contributed by atoms with Crippen molar-refractivity contribution in [1.82, 2.24) is 5.43 Å². The number of non-ortho nitro benzene ring substituents is 1. The van der Waals surface area contributed by atoms with E-state index in [0.29, 0.717) is 16.9 Å². The third-order valence-corrected chi connectivity index (χ3v) is 4.49. The molecule has 1 amide bonds. The Labute approximate surface area is 190 Å². The van der Waals surface area contributed by atoms with Crippen LogP contribution in [-0.2, 0) is 4.79 Å². The highest BCUT2D eigenvalue weighted by Crippen LogP contribution is 2.23. The number of benzene rings is 3. The zero-order valence-electron chi connectivity index (χ0n) is 16.4. The van der Waals surface area contributed by atoms with Crippen molar-refractivity contribution in [2.45, 2.75) is 0 Å². The normalized spacial score (nSPS) is 10.5. The molecule has 0 fully saturated rings. The van der Waals surface area contributed by atoms with Gasteiger partial charge in [-0.1, -0.05) is 34.1 Å². The summed E-state index contributed by atoms with van der Waals surface area (Å²) in [5.74, 6) is -0.500. The van der Waals surface area contributed by atoms with Crippen molar-refractivity contribution in [1.29, 1.82) is 0 Å². The second-order valence-corrected chi connectivity index (χ2v) is 7.19. The molecule has 0 aliphatic carbocycles. The number of ether oxygens (including phenoxy) is 2. The number of hydrogen-bond acceptors (Lipinski definition) is 7. The smallest absolute Gasteiger partial charge is 0.343 e. The Hall–Kier alpha value is -4.05. The number of hydrogen-bond donors (Lipinski definition) is 1. The number of amides is 1. The third-order valence-electron chi connectivity index (χ3n) is 3.99. The lowest BCUT2D eigenvalue weighted by molar-refractivity contribution is -0.384. The van der Waals surface area contributed by atoms with E-state index in [2.05, 4.69) is 26.5 Å². The molecule has 1 N–H and O–H groups in total. The molecule has 0 heterocycles. The van der Waals surface area contributed by atoms with Crippen LogP contribution >= 0.6 is 15.9 Å². The van der Waals surface area contributed by atoms with Gasteiger partial charge in [0.2, 0.25) is 0 Å². The standard InChI is InChI=1S/C22H16BrN3O6/c23-17-6-11-20(32-22(28)15-4-2-1-3-5-15)16(12-17)13-24-25-21(27)14-31-19-9-7-18(8-10-19)26(29)30/h1-13H,14H2,(H,25,27)/b24-13-. The van der Waals surface area contributed by atoms with E-state index in [1.54, 1.807) is 48.5 Å². The lowest BCUT2D eigenvalue weighted by Crippen LogP contribution is -2.24. The van der Waals surface area contributed by atoms with Gasteiger partial charge < -0.3 is 9.47 Å². The first-order valence-electron chi connectivity index (χ1n) is 9.18. The van der Waals surface area contributed by atoms with Crippen molar-refractivity contribution in [2.75, 3.05) is 6.61 Å². The Balaban J connectivity index is 1.58. The molecule has 3 aromatic carbocycles. The zero-order valence-corrected chi connectivity index (χ0v) is 18.0. The summed E-state index contributed by atoms with van der Waals surface area (Å²) < 4.78 is 11.4. The van der Waals surface area contributed by atoms with Gasteiger partial charge in [-0.3, -0.25) is 14.9 Å². The summed E-state index contributed by atoms with van der Waals surface area (Å²) in [6, 6.07) is 18.9. The van der Waals surface area contributed by atoms with E-state index in [4.69, 9.17) is 9.47 Å². The molecule has 0 saturated heterocycles. The number of hydrazone groups is 1. The van der Waals surface area contributed by atoms with Crippen LogP contribution in [0.3, 0.4) is 0 Å². The summed E-state index contributed by atoms with van der Waals surface area (Å²) in [5.41, 5.74) is 3.08. The summed E-state index contributed by atoms with van der Waals surface area (Å²) in [6.45, 7) is -0.344. The predicted molar refractivity (Wildman–Crippen MR) is 120 cm³/mol. The predicted octanol–water partition coefficient (Wildman–Crippen LogP) is 4.11. The van der Waals surface area contributed by atoms with Gasteiger partial charge in [-0.05, 0) is 42.5 Å². The lowest BCUT2D eigenvalue weighted by Gasteiger charge is -2.08. The topological polar surface area (TPSA) is 120 Å². The Kier molecular flexibility index (Phi) is 7.65. The van der Waals surface area contributed by atoms with Crippen LogP contribution < -0.4 is 14.9 Å². The van der Waals surface area contributed by atoms with Gasteiger partial charge in [0.25, 0.3) is 11.6 Å². The minimum Gasteiger partial charge on any atom is -0.484 e. The molecule has 32 heavy (non-hydrogen) atoms. The van der Waals surface area contributed by atoms with Gasteiger partial charge in [-0.25, -0.2) is 10.2 Å². The molecule has 3 rings (SSSR count). The van der Waals surface area contributed by atoms with Crippen LogP contribution in [0.2, 0.25) is 0 Å². The van der Waals surface area contributed by atoms with Crippen molar-refractivity contribution in [3.8, 4) is 11.5 Å². The summed E-state index contributed by atoms with van der Waals surface area (Å²) in [4.78, 5) is 34.4. The third kappa shape index (κ3) is 6.47. The Morgan fingerprint density at radius 1 is 1.06 bits per heavy atom. The SMILES string of the molecule is O=C(COc1ccc([N+](=O)[O-])cc1)N/N=C\c1cc(Br)ccc1OC(=O)c1ccccc1. The van der Waals surface area contributed by atoms with Gasteiger partial charge in [0, 0.05) is 22.2 Å². The van der Waals surface area contributed by atoms with Gasteiger partial charge in [0.15, 0.2) is 6.61 Å². The van der Waals surface area contributed by atoms with Crippen molar-refractivity contribution < 1.29 is 24.0 Å². The van der Waals surface area contributed by atoms with Crippen molar-refractivity contribution in [2.24, 2.45) is 5.10 Å². The van der Waals surface area contributed by atoms with E-state index in [9.17, 15) is 19.7 Å². The van der Waals surface area contributed by atoms with Crippen molar-refractivity contribution >= 4 is 39.7 Å². The molecule has 10 heteroatoms. The number of carbonyl (C=O) groups excluding carboxylic acids is 2. The first kappa shape index (κ1) is 22.6. The van der Waals surface area contributed by atoms with E-state index < -0.39 is 16.8 Å². The van der Waals surface area contributed by atoms with E-state index in [0.717, 1.165) is 4.47 Å². The number of esters is 1. The second-order valence-electron chi connectivity index (χ2n) is 6.27. The molecule has 9 nitrogen and oxygen atoms in total. The molecule has 0 aliphatic heterocycles. The summed E-state index contributed by atoms with van der Waals surface area (Å²) in [6.07, 6.45) is 1.34. The first-order chi connectivity index (χ1) is 15.4. The minimum atomic E-state index is -0.544. The fourth-order valence-electron chi connectivity index (χ4n) is 2.47. The van der Waals surface area contributed by atoms with Gasteiger partial charge in [-0.2, -0.15) is 5.10 Å². The first-order valence-corrected chi connectivity index (χ1v) is 9.97. The van der Waals surface area contributed by atoms with E-state index >= 15 is 0 Å². The highest BCUT2D eigenvalue weighted by atomic mass is 79.9. The Morgan fingerprint density at radius 2 is 1.78 bits per heavy atom. The molecule has 0 radical (unpaired) electrons. The summed E-state index contributed by atoms with van der Waals surface area (Å²) in [5, 5.41) is 14.5. The number of carbonyl (C=O) groups is 2. The van der Waals surface area contributed by atoms with Crippen LogP contribution in [-0.4, -0.2) is 29.6 Å². The van der Waals surface area contributed by atoms with Crippen LogP contribution in [0.25, 0.3) is 0 Å². The van der Waals surface area contributed by atoms with E-state index in [-0.39, 0.29) is 18.0 Å². The number of rotatable bonds is 8. The van der Waals surface area contributed by atoms with Crippen LogP contribution in [0.1, 0.15) is 15.9 Å². The molecular weight excluding hydrogens is 482 g/mol. The molecule has 162 valence electrons. The molecule has 0 spiro atoms. The maximum Gasteiger partial charge on any atom is 0.343 e. The average Bonchev–Trinajstić information content (AvgIpc) is 2.80. The van der Waals surface area contributed by atoms with Crippen LogP contribution in [0, 0.1) is 10.1 Å². The number of nitrogens with one attached hydrogen (secondary N) is 1. The average molecular weight is 498 g/mol. The number of nitrogens with zero attached hydrogens (tertiary/aromatic N) is 2. The highest BCUT2D eigenvalue weighted by Gasteiger charge is 2.11. The Morgan fingerprint density at radius 3 is 2.47 bits per heavy atom. The van der Waals surface area contributed by atoms with Crippen LogP contribution in [0.15, 0.2) is 82.4 Å². The monoisotopic (exact) mass is 497 g/mol. The molecule has 0 unspecified atom stereocenters. The van der Waals surface area contributed by atoms with E-state index in [1.165, 1.54) is 30.5 Å².